The standard InChI is InChI=1S/C16H29N3O/c20-16(17-14-6-2-1-3-7-14)19-11-5-10-18(12-13-19)15-8-4-9-15/h14-15H,1-13H2,(H,17,20). The topological polar surface area (TPSA) is 35.6 Å². The highest BCUT2D eigenvalue weighted by Crippen LogP contribution is 2.25. The van der Waals surface area contributed by atoms with Gasteiger partial charge in [0.2, 0.25) is 0 Å². The van der Waals surface area contributed by atoms with Gasteiger partial charge < -0.3 is 10.2 Å². The van der Waals surface area contributed by atoms with Crippen molar-refractivity contribution in [1.29, 1.82) is 0 Å². The van der Waals surface area contributed by atoms with Gasteiger partial charge in [0.15, 0.2) is 0 Å². The fourth-order valence-electron chi connectivity index (χ4n) is 3.77. The van der Waals surface area contributed by atoms with Crippen molar-refractivity contribution in [1.82, 2.24) is 15.1 Å². The number of urea groups is 1. The van der Waals surface area contributed by atoms with E-state index < -0.39 is 0 Å². The molecule has 1 aliphatic heterocycles. The zero-order valence-electron chi connectivity index (χ0n) is 12.6. The van der Waals surface area contributed by atoms with Crippen LogP contribution < -0.4 is 5.32 Å². The Labute approximate surface area is 122 Å². The Bertz CT molecular complexity index is 324. The molecule has 1 saturated heterocycles. The van der Waals surface area contributed by atoms with Gasteiger partial charge in [-0.05, 0) is 32.1 Å². The molecular weight excluding hydrogens is 250 g/mol. The summed E-state index contributed by atoms with van der Waals surface area (Å²) in [5.41, 5.74) is 0. The largest absolute Gasteiger partial charge is 0.335 e. The number of rotatable bonds is 2. The van der Waals surface area contributed by atoms with Gasteiger partial charge in [-0.1, -0.05) is 25.7 Å². The number of carbonyl (C=O) groups is 1. The van der Waals surface area contributed by atoms with Gasteiger partial charge in [-0.2, -0.15) is 0 Å². The van der Waals surface area contributed by atoms with E-state index in [0.29, 0.717) is 6.04 Å². The fourth-order valence-corrected chi connectivity index (χ4v) is 3.77. The van der Waals surface area contributed by atoms with Crippen LogP contribution in [0.25, 0.3) is 0 Å². The third-order valence-corrected chi connectivity index (χ3v) is 5.34. The highest BCUT2D eigenvalue weighted by Gasteiger charge is 2.28. The predicted molar refractivity (Wildman–Crippen MR) is 80.8 cm³/mol. The normalized spacial score (nSPS) is 26.9. The first-order valence-electron chi connectivity index (χ1n) is 8.62. The summed E-state index contributed by atoms with van der Waals surface area (Å²) >= 11 is 0. The van der Waals surface area contributed by atoms with Crippen LogP contribution in [0.3, 0.4) is 0 Å². The Morgan fingerprint density at radius 2 is 1.60 bits per heavy atom. The van der Waals surface area contributed by atoms with E-state index in [1.165, 1.54) is 57.9 Å². The molecule has 4 heteroatoms. The molecule has 2 amide bonds. The fraction of sp³-hybridized carbons (Fsp3) is 0.938. The smallest absolute Gasteiger partial charge is 0.317 e. The molecule has 0 aromatic rings. The average molecular weight is 279 g/mol. The minimum Gasteiger partial charge on any atom is -0.335 e. The Kier molecular flexibility index (Phi) is 4.81. The molecule has 2 saturated carbocycles. The van der Waals surface area contributed by atoms with Gasteiger partial charge in [0.1, 0.15) is 0 Å². The lowest BCUT2D eigenvalue weighted by Gasteiger charge is -2.36. The summed E-state index contributed by atoms with van der Waals surface area (Å²) in [7, 11) is 0. The molecule has 114 valence electrons. The number of nitrogens with one attached hydrogen (secondary N) is 1. The highest BCUT2D eigenvalue weighted by atomic mass is 16.2. The molecule has 0 atom stereocenters. The van der Waals surface area contributed by atoms with Crippen LogP contribution in [0.2, 0.25) is 0 Å². The van der Waals surface area contributed by atoms with Crippen LogP contribution in [0.4, 0.5) is 4.79 Å². The third kappa shape index (κ3) is 3.46. The molecule has 20 heavy (non-hydrogen) atoms. The summed E-state index contributed by atoms with van der Waals surface area (Å²) in [6.45, 7) is 4.09. The van der Waals surface area contributed by atoms with Gasteiger partial charge in [-0.25, -0.2) is 4.79 Å². The van der Waals surface area contributed by atoms with Crippen molar-refractivity contribution in [2.45, 2.75) is 69.9 Å². The van der Waals surface area contributed by atoms with Crippen LogP contribution >= 0.6 is 0 Å². The summed E-state index contributed by atoms with van der Waals surface area (Å²) in [4.78, 5) is 17.0. The van der Waals surface area contributed by atoms with Crippen molar-refractivity contribution in [3.8, 4) is 0 Å². The third-order valence-electron chi connectivity index (χ3n) is 5.34. The molecule has 0 aromatic carbocycles. The molecule has 4 nitrogen and oxygen atoms in total. The maximum absolute atomic E-state index is 12.4. The summed E-state index contributed by atoms with van der Waals surface area (Å²) in [6.07, 6.45) is 11.5. The number of nitrogens with zero attached hydrogens (tertiary/aromatic N) is 2. The highest BCUT2D eigenvalue weighted by molar-refractivity contribution is 5.74. The predicted octanol–water partition coefficient (Wildman–Crippen LogP) is 2.59. The minimum absolute atomic E-state index is 0.187. The van der Waals surface area contributed by atoms with Gasteiger partial charge >= 0.3 is 6.03 Å². The lowest BCUT2D eigenvalue weighted by Crippen LogP contribution is -2.47. The van der Waals surface area contributed by atoms with Crippen molar-refractivity contribution in [2.75, 3.05) is 26.2 Å². The van der Waals surface area contributed by atoms with Gasteiger partial charge in [0.05, 0.1) is 0 Å². The SMILES string of the molecule is O=C(NC1CCCCC1)N1CCCN(C2CCC2)CC1. The maximum Gasteiger partial charge on any atom is 0.317 e. The van der Waals surface area contributed by atoms with Crippen molar-refractivity contribution in [2.24, 2.45) is 0 Å². The van der Waals surface area contributed by atoms with E-state index in [-0.39, 0.29) is 6.03 Å². The van der Waals surface area contributed by atoms with E-state index in [9.17, 15) is 4.79 Å². The van der Waals surface area contributed by atoms with Crippen molar-refractivity contribution < 1.29 is 4.79 Å². The molecule has 1 heterocycles. The van der Waals surface area contributed by atoms with Gasteiger partial charge in [0, 0.05) is 38.3 Å². The first-order valence-corrected chi connectivity index (χ1v) is 8.62. The van der Waals surface area contributed by atoms with E-state index in [4.69, 9.17) is 0 Å². The number of amides is 2. The lowest BCUT2D eigenvalue weighted by molar-refractivity contribution is 0.131. The second kappa shape index (κ2) is 6.79. The van der Waals surface area contributed by atoms with Crippen molar-refractivity contribution >= 4 is 6.03 Å². The monoisotopic (exact) mass is 279 g/mol. The Hall–Kier alpha value is -0.770. The molecule has 1 N–H and O–H groups in total. The molecule has 0 aromatic heterocycles. The maximum atomic E-state index is 12.4. The summed E-state index contributed by atoms with van der Waals surface area (Å²) in [5, 5.41) is 3.26. The molecule has 0 bridgehead atoms. The Balaban J connectivity index is 1.45. The molecule has 0 spiro atoms. The molecule has 3 rings (SSSR count). The van der Waals surface area contributed by atoms with E-state index >= 15 is 0 Å². The molecule has 0 unspecified atom stereocenters. The van der Waals surface area contributed by atoms with Gasteiger partial charge in [-0.15, -0.1) is 0 Å². The van der Waals surface area contributed by atoms with E-state index in [2.05, 4.69) is 10.2 Å². The molecular formula is C16H29N3O. The number of hydrogen-bond donors (Lipinski definition) is 1. The van der Waals surface area contributed by atoms with Crippen LogP contribution in [0.5, 0.6) is 0 Å². The summed E-state index contributed by atoms with van der Waals surface area (Å²) < 4.78 is 0. The first kappa shape index (κ1) is 14.2. The van der Waals surface area contributed by atoms with Crippen LogP contribution in [-0.4, -0.2) is 54.1 Å². The second-order valence-corrected chi connectivity index (χ2v) is 6.75. The van der Waals surface area contributed by atoms with Crippen molar-refractivity contribution in [3.05, 3.63) is 0 Å². The molecule has 2 aliphatic carbocycles. The molecule has 3 aliphatic rings. The quantitative estimate of drug-likeness (QED) is 0.843. The zero-order valence-corrected chi connectivity index (χ0v) is 12.6. The summed E-state index contributed by atoms with van der Waals surface area (Å²) in [6, 6.07) is 1.44. The lowest BCUT2D eigenvalue weighted by atomic mass is 9.91. The second-order valence-electron chi connectivity index (χ2n) is 6.75. The number of carbonyl (C=O) groups excluding carboxylic acids is 1. The first-order chi connectivity index (χ1) is 9.83. The van der Waals surface area contributed by atoms with Crippen LogP contribution in [0.15, 0.2) is 0 Å². The molecule has 3 fully saturated rings. The minimum atomic E-state index is 0.187. The molecule has 0 radical (unpaired) electrons. The Morgan fingerprint density at radius 3 is 2.30 bits per heavy atom. The van der Waals surface area contributed by atoms with E-state index in [0.717, 1.165) is 32.1 Å². The van der Waals surface area contributed by atoms with Crippen molar-refractivity contribution in [3.63, 3.8) is 0 Å². The average Bonchev–Trinajstić information content (AvgIpc) is 2.64. The van der Waals surface area contributed by atoms with Crippen LogP contribution in [0, 0.1) is 0 Å². The zero-order chi connectivity index (χ0) is 13.8. The van der Waals surface area contributed by atoms with Crippen LogP contribution in [0.1, 0.15) is 57.8 Å². The van der Waals surface area contributed by atoms with Gasteiger partial charge in [0.25, 0.3) is 0 Å². The van der Waals surface area contributed by atoms with E-state index in [1.54, 1.807) is 0 Å². The van der Waals surface area contributed by atoms with E-state index in [1.807, 2.05) is 4.90 Å². The summed E-state index contributed by atoms with van der Waals surface area (Å²) in [5.74, 6) is 0. The van der Waals surface area contributed by atoms with Crippen LogP contribution in [-0.2, 0) is 0 Å². The Morgan fingerprint density at radius 1 is 0.800 bits per heavy atom. The number of hydrogen-bond acceptors (Lipinski definition) is 2. The van der Waals surface area contributed by atoms with Gasteiger partial charge in [-0.3, -0.25) is 4.90 Å².